The summed E-state index contributed by atoms with van der Waals surface area (Å²) in [5.41, 5.74) is -0.157. The number of nitro groups is 1. The summed E-state index contributed by atoms with van der Waals surface area (Å²) >= 11 is 12.1. The normalized spacial score (nSPS) is 21.8. The molecule has 1 aliphatic carbocycles. The third kappa shape index (κ3) is 4.12. The first-order chi connectivity index (χ1) is 15.7. The lowest BCUT2D eigenvalue weighted by molar-refractivity contribution is -0.385. The number of benzene rings is 2. The third-order valence-electron chi connectivity index (χ3n) is 5.97. The first-order valence-electron chi connectivity index (χ1n) is 10.2. The molecule has 0 spiro atoms. The largest absolute Gasteiger partial charge is 0.282 e. The van der Waals surface area contributed by atoms with Crippen molar-refractivity contribution in [2.45, 2.75) is 19.9 Å². The van der Waals surface area contributed by atoms with Crippen molar-refractivity contribution in [2.24, 2.45) is 17.8 Å². The zero-order chi connectivity index (χ0) is 23.9. The summed E-state index contributed by atoms with van der Waals surface area (Å²) in [7, 11) is 0. The predicted molar refractivity (Wildman–Crippen MR) is 121 cm³/mol. The second-order valence-electron chi connectivity index (χ2n) is 8.03. The third-order valence-corrected chi connectivity index (χ3v) is 6.71. The van der Waals surface area contributed by atoms with Crippen molar-refractivity contribution in [3.05, 3.63) is 85.9 Å². The monoisotopic (exact) mass is 487 g/mol. The molecular formula is C23H19Cl2N3O5. The quantitative estimate of drug-likeness (QED) is 0.264. The number of hydrogen-bond acceptors (Lipinski definition) is 5. The summed E-state index contributed by atoms with van der Waals surface area (Å²) in [5.74, 6) is -3.22. The van der Waals surface area contributed by atoms with Gasteiger partial charge in [0.2, 0.25) is 0 Å². The summed E-state index contributed by atoms with van der Waals surface area (Å²) in [4.78, 5) is 51.1. The number of rotatable bonds is 5. The van der Waals surface area contributed by atoms with Crippen LogP contribution in [0.4, 0.5) is 5.69 Å². The molecule has 2 aromatic rings. The van der Waals surface area contributed by atoms with E-state index in [2.05, 4.69) is 0 Å². The number of halogens is 2. The Balaban J connectivity index is 1.79. The molecule has 1 saturated heterocycles. The van der Waals surface area contributed by atoms with Crippen LogP contribution >= 0.6 is 23.2 Å². The number of nitrogens with zero attached hydrogens (tertiary/aromatic N) is 3. The molecule has 0 bridgehead atoms. The number of imide groups is 1. The van der Waals surface area contributed by atoms with E-state index >= 15 is 0 Å². The lowest BCUT2D eigenvalue weighted by Gasteiger charge is -2.30. The fraction of sp³-hybridized carbons (Fsp3) is 0.261. The van der Waals surface area contributed by atoms with Crippen LogP contribution in [0.15, 0.2) is 54.6 Å². The van der Waals surface area contributed by atoms with Gasteiger partial charge in [-0.05, 0) is 36.1 Å². The molecule has 4 rings (SSSR count). The number of carbonyl (C=O) groups excluding carboxylic acids is 3. The van der Waals surface area contributed by atoms with Crippen molar-refractivity contribution in [3.8, 4) is 0 Å². The van der Waals surface area contributed by atoms with E-state index in [1.807, 2.05) is 19.1 Å². The Labute approximate surface area is 199 Å². The van der Waals surface area contributed by atoms with Crippen molar-refractivity contribution in [2.75, 3.05) is 0 Å². The molecule has 10 heteroatoms. The maximum atomic E-state index is 13.6. The molecular weight excluding hydrogens is 469 g/mol. The van der Waals surface area contributed by atoms with Crippen LogP contribution in [-0.2, 0) is 16.1 Å². The van der Waals surface area contributed by atoms with Crippen molar-refractivity contribution < 1.29 is 19.3 Å². The summed E-state index contributed by atoms with van der Waals surface area (Å²) in [6.07, 6.45) is 4.12. The second kappa shape index (κ2) is 8.96. The number of amides is 3. The fourth-order valence-corrected chi connectivity index (χ4v) is 4.69. The molecule has 0 aromatic heterocycles. The lowest BCUT2D eigenvalue weighted by atomic mass is 9.78. The fourth-order valence-electron chi connectivity index (χ4n) is 4.37. The van der Waals surface area contributed by atoms with E-state index < -0.39 is 40.2 Å². The zero-order valence-electron chi connectivity index (χ0n) is 17.5. The maximum absolute atomic E-state index is 13.6. The van der Waals surface area contributed by atoms with E-state index in [1.54, 1.807) is 6.07 Å². The Morgan fingerprint density at radius 1 is 1.15 bits per heavy atom. The number of para-hydroxylation sites is 1. The highest BCUT2D eigenvalue weighted by molar-refractivity contribution is 6.42. The maximum Gasteiger partial charge on any atom is 0.282 e. The van der Waals surface area contributed by atoms with Gasteiger partial charge in [-0.1, -0.05) is 60.5 Å². The van der Waals surface area contributed by atoms with Gasteiger partial charge in [0.15, 0.2) is 0 Å². The Kier molecular flexibility index (Phi) is 6.23. The summed E-state index contributed by atoms with van der Waals surface area (Å²) in [6.45, 7) is 1.63. The number of hydrazine groups is 1. The highest BCUT2D eigenvalue weighted by Crippen LogP contribution is 2.40. The van der Waals surface area contributed by atoms with Crippen molar-refractivity contribution in [3.63, 3.8) is 0 Å². The summed E-state index contributed by atoms with van der Waals surface area (Å²) < 4.78 is 0. The first kappa shape index (κ1) is 22.9. The van der Waals surface area contributed by atoms with Gasteiger partial charge in [-0.15, -0.1) is 0 Å². The molecule has 0 radical (unpaired) electrons. The molecule has 1 heterocycles. The molecule has 0 unspecified atom stereocenters. The van der Waals surface area contributed by atoms with Gasteiger partial charge in [-0.3, -0.25) is 24.5 Å². The highest BCUT2D eigenvalue weighted by Gasteiger charge is 2.53. The number of allylic oxidation sites excluding steroid dienone is 2. The van der Waals surface area contributed by atoms with Crippen LogP contribution in [-0.4, -0.2) is 32.7 Å². The van der Waals surface area contributed by atoms with Gasteiger partial charge >= 0.3 is 0 Å². The zero-order valence-corrected chi connectivity index (χ0v) is 19.0. The van der Waals surface area contributed by atoms with Gasteiger partial charge in [0, 0.05) is 6.07 Å². The minimum atomic E-state index is -0.839. The van der Waals surface area contributed by atoms with Crippen LogP contribution in [0.25, 0.3) is 0 Å². The van der Waals surface area contributed by atoms with E-state index in [0.29, 0.717) is 17.0 Å². The van der Waals surface area contributed by atoms with Crippen LogP contribution in [0.1, 0.15) is 29.3 Å². The Morgan fingerprint density at radius 2 is 1.88 bits per heavy atom. The second-order valence-corrected chi connectivity index (χ2v) is 8.84. The number of fused-ring (bicyclic) bond motifs is 1. The smallest absolute Gasteiger partial charge is 0.272 e. The van der Waals surface area contributed by atoms with E-state index in [-0.39, 0.29) is 23.0 Å². The minimum Gasteiger partial charge on any atom is -0.272 e. The molecule has 0 saturated carbocycles. The summed E-state index contributed by atoms with van der Waals surface area (Å²) in [6, 6.07) is 10.1. The Hall–Kier alpha value is -3.23. The average Bonchev–Trinajstić information content (AvgIpc) is 3.05. The molecule has 170 valence electrons. The highest BCUT2D eigenvalue weighted by atomic mass is 35.5. The molecule has 0 N–H and O–H groups in total. The number of carbonyl (C=O) groups is 3. The van der Waals surface area contributed by atoms with E-state index in [1.165, 1.54) is 36.4 Å². The predicted octanol–water partition coefficient (Wildman–Crippen LogP) is 4.66. The van der Waals surface area contributed by atoms with Crippen molar-refractivity contribution in [1.82, 2.24) is 10.0 Å². The van der Waals surface area contributed by atoms with Crippen LogP contribution in [0, 0.1) is 27.9 Å². The Bertz CT molecular complexity index is 1200. The lowest BCUT2D eigenvalue weighted by Crippen LogP contribution is -2.50. The van der Waals surface area contributed by atoms with Crippen LogP contribution in [0.3, 0.4) is 0 Å². The van der Waals surface area contributed by atoms with Crippen molar-refractivity contribution in [1.29, 1.82) is 0 Å². The molecule has 1 aliphatic heterocycles. The van der Waals surface area contributed by atoms with E-state index in [9.17, 15) is 24.5 Å². The van der Waals surface area contributed by atoms with Crippen molar-refractivity contribution >= 4 is 46.6 Å². The van der Waals surface area contributed by atoms with Gasteiger partial charge in [-0.25, -0.2) is 5.01 Å². The molecule has 3 atom stereocenters. The van der Waals surface area contributed by atoms with E-state index in [4.69, 9.17) is 23.2 Å². The number of hydrogen-bond donors (Lipinski definition) is 0. The van der Waals surface area contributed by atoms with Crippen LogP contribution < -0.4 is 0 Å². The van der Waals surface area contributed by atoms with Crippen LogP contribution in [0.2, 0.25) is 10.0 Å². The van der Waals surface area contributed by atoms with Gasteiger partial charge in [-0.2, -0.15) is 5.01 Å². The van der Waals surface area contributed by atoms with Gasteiger partial charge in [0.1, 0.15) is 5.56 Å². The standard InChI is InChI=1S/C23H19Cl2N3O5/c1-13-5-4-7-16-20(13)23(31)27(22(16)30)26(12-14-9-10-17(24)18(25)11-14)21(29)15-6-2-3-8-19(15)28(32)33/h2-6,8-11,13,16,20H,7,12H2,1H3/t13-,16-,20-/m1/s1. The summed E-state index contributed by atoms with van der Waals surface area (Å²) in [5, 5.41) is 13.9. The van der Waals surface area contributed by atoms with Gasteiger partial charge in [0.25, 0.3) is 23.4 Å². The molecule has 2 aromatic carbocycles. The molecule has 8 nitrogen and oxygen atoms in total. The molecule has 3 amide bonds. The Morgan fingerprint density at radius 3 is 2.55 bits per heavy atom. The number of nitro benzene ring substituents is 1. The van der Waals surface area contributed by atoms with E-state index in [0.717, 1.165) is 10.0 Å². The van der Waals surface area contributed by atoms with Crippen LogP contribution in [0.5, 0.6) is 0 Å². The minimum absolute atomic E-state index is 0.182. The van der Waals surface area contributed by atoms with Gasteiger partial charge in [0.05, 0.1) is 33.3 Å². The molecule has 1 fully saturated rings. The average molecular weight is 488 g/mol. The van der Waals surface area contributed by atoms with Gasteiger partial charge < -0.3 is 0 Å². The topological polar surface area (TPSA) is 101 Å². The molecule has 33 heavy (non-hydrogen) atoms. The first-order valence-corrected chi connectivity index (χ1v) is 11.0. The molecule has 2 aliphatic rings. The SMILES string of the molecule is C[C@@H]1C=CC[C@H]2C(=O)N(N(Cc3ccc(Cl)c(Cl)c3)C(=O)c3ccccc3[N+](=O)[O-])C(=O)[C@H]12.